The molecular weight excluding hydrogens is 473 g/mol. The summed E-state index contributed by atoms with van der Waals surface area (Å²) < 4.78 is 65.6. The lowest BCUT2D eigenvalue weighted by Crippen LogP contribution is -2.26. The molecule has 0 atom stereocenters. The van der Waals surface area contributed by atoms with Crippen LogP contribution >= 0.6 is 0 Å². The minimum Gasteiger partial charge on any atom is -0.478 e. The van der Waals surface area contributed by atoms with Crippen molar-refractivity contribution in [3.05, 3.63) is 77.5 Å². The minimum atomic E-state index is -4.68. The van der Waals surface area contributed by atoms with Crippen LogP contribution in [0, 0.1) is 0 Å². The first-order valence-electron chi connectivity index (χ1n) is 9.79. The maximum Gasteiger partial charge on any atom is 0.419 e. The van der Waals surface area contributed by atoms with Gasteiger partial charge in [-0.25, -0.2) is 18.2 Å². The van der Waals surface area contributed by atoms with Gasteiger partial charge < -0.3 is 15.7 Å². The fourth-order valence-corrected chi connectivity index (χ4v) is 3.61. The lowest BCUT2D eigenvalue weighted by atomic mass is 10.1. The number of halogens is 3. The highest BCUT2D eigenvalue weighted by Crippen LogP contribution is 2.36. The highest BCUT2D eigenvalue weighted by molar-refractivity contribution is 7.92. The topological polar surface area (TPSA) is 112 Å². The molecule has 0 aliphatic rings. The molecule has 2 aromatic carbocycles. The zero-order chi connectivity index (χ0) is 25.1. The predicted molar refractivity (Wildman–Crippen MR) is 123 cm³/mol. The lowest BCUT2D eigenvalue weighted by Gasteiger charge is -2.21. The predicted octanol–water partition coefficient (Wildman–Crippen LogP) is 4.55. The summed E-state index contributed by atoms with van der Waals surface area (Å²) in [6.45, 7) is -0.0874. The molecule has 3 aromatic rings. The number of alkyl halides is 3. The van der Waals surface area contributed by atoms with Gasteiger partial charge >= 0.3 is 12.1 Å². The molecular formula is C22H21F3N4O4S. The van der Waals surface area contributed by atoms with Crippen molar-refractivity contribution in [2.24, 2.45) is 0 Å². The van der Waals surface area contributed by atoms with Crippen LogP contribution in [-0.2, 0) is 22.7 Å². The molecule has 0 bridgehead atoms. The van der Waals surface area contributed by atoms with E-state index in [4.69, 9.17) is 5.11 Å². The zero-order valence-electron chi connectivity index (χ0n) is 18.1. The third-order valence-electron chi connectivity index (χ3n) is 4.91. The second-order valence-corrected chi connectivity index (χ2v) is 9.35. The van der Waals surface area contributed by atoms with Crippen molar-refractivity contribution in [1.29, 1.82) is 0 Å². The van der Waals surface area contributed by atoms with Crippen LogP contribution in [0.5, 0.6) is 0 Å². The van der Waals surface area contributed by atoms with Gasteiger partial charge in [0.2, 0.25) is 10.0 Å². The molecule has 0 radical (unpaired) electrons. The molecule has 1 aromatic heterocycles. The second kappa shape index (κ2) is 9.59. The van der Waals surface area contributed by atoms with E-state index in [0.717, 1.165) is 10.6 Å². The maximum atomic E-state index is 13.6. The first kappa shape index (κ1) is 24.8. The Morgan fingerprint density at radius 3 is 2.35 bits per heavy atom. The summed E-state index contributed by atoms with van der Waals surface area (Å²) in [5.74, 6) is -1.01. The summed E-state index contributed by atoms with van der Waals surface area (Å²) in [4.78, 5) is 14.8. The molecule has 34 heavy (non-hydrogen) atoms. The van der Waals surface area contributed by atoms with Crippen molar-refractivity contribution in [3.8, 4) is 0 Å². The van der Waals surface area contributed by atoms with Gasteiger partial charge in [-0.05, 0) is 35.9 Å². The first-order chi connectivity index (χ1) is 15.9. The number of carboxylic acids is 1. The number of nitrogens with zero attached hydrogens (tertiary/aromatic N) is 2. The molecule has 8 nitrogen and oxygen atoms in total. The Balaban J connectivity index is 1.89. The van der Waals surface area contributed by atoms with Crippen LogP contribution in [0.1, 0.15) is 21.5 Å². The Morgan fingerprint density at radius 2 is 1.76 bits per heavy atom. The van der Waals surface area contributed by atoms with Gasteiger partial charge in [0.15, 0.2) is 0 Å². The van der Waals surface area contributed by atoms with Gasteiger partial charge in [-0.15, -0.1) is 0 Å². The molecule has 180 valence electrons. The van der Waals surface area contributed by atoms with E-state index in [1.807, 2.05) is 0 Å². The fraction of sp³-hybridized carbons (Fsp3) is 0.182. The highest BCUT2D eigenvalue weighted by atomic mass is 32.2. The number of aromatic carboxylic acids is 1. The van der Waals surface area contributed by atoms with Crippen molar-refractivity contribution < 1.29 is 31.5 Å². The Hall–Kier alpha value is -3.80. The number of anilines is 4. The van der Waals surface area contributed by atoms with E-state index in [0.29, 0.717) is 23.1 Å². The van der Waals surface area contributed by atoms with E-state index in [-0.39, 0.29) is 23.6 Å². The molecule has 12 heteroatoms. The van der Waals surface area contributed by atoms with Crippen LogP contribution < -0.4 is 14.9 Å². The Morgan fingerprint density at radius 1 is 1.12 bits per heavy atom. The van der Waals surface area contributed by atoms with Gasteiger partial charge in [0.05, 0.1) is 28.8 Å². The smallest absolute Gasteiger partial charge is 0.419 e. The number of carbonyl (C=O) groups is 1. The van der Waals surface area contributed by atoms with Crippen molar-refractivity contribution in [1.82, 2.24) is 4.98 Å². The molecule has 0 saturated carbocycles. The van der Waals surface area contributed by atoms with Crippen molar-refractivity contribution >= 4 is 38.9 Å². The summed E-state index contributed by atoms with van der Waals surface area (Å²) in [5, 5.41) is 14.5. The number of sulfonamides is 1. The molecule has 0 aliphatic heterocycles. The third-order valence-corrected chi connectivity index (χ3v) is 6.10. The average Bonchev–Trinajstić information content (AvgIpc) is 2.76. The number of para-hydroxylation sites is 1. The average molecular weight is 494 g/mol. The molecule has 0 amide bonds. The standard InChI is InChI=1S/C22H21F3N4O4S/c1-29(34(2,32)33)19-6-4-3-5-15(19)12-26-18-11-20(27-13-17(18)22(23,24)25)28-16-9-7-14(8-10-16)21(30)31/h3-11,13H,12H2,1-2H3,(H,30,31)(H2,26,27,28). The van der Waals surface area contributed by atoms with Gasteiger partial charge in [0.25, 0.3) is 0 Å². The third kappa shape index (κ3) is 5.95. The molecule has 0 aliphatic carbocycles. The first-order valence-corrected chi connectivity index (χ1v) is 11.6. The number of hydrogen-bond acceptors (Lipinski definition) is 6. The number of pyridine rings is 1. The number of rotatable bonds is 8. The van der Waals surface area contributed by atoms with Gasteiger partial charge in [-0.2, -0.15) is 13.2 Å². The number of hydrogen-bond donors (Lipinski definition) is 3. The van der Waals surface area contributed by atoms with E-state index in [1.165, 1.54) is 37.4 Å². The monoisotopic (exact) mass is 494 g/mol. The van der Waals surface area contributed by atoms with Crippen LogP contribution in [0.25, 0.3) is 0 Å². The number of benzene rings is 2. The molecule has 0 spiro atoms. The van der Waals surface area contributed by atoms with E-state index in [9.17, 15) is 26.4 Å². The summed E-state index contributed by atoms with van der Waals surface area (Å²) >= 11 is 0. The number of nitrogens with one attached hydrogen (secondary N) is 2. The normalized spacial score (nSPS) is 11.7. The number of carboxylic acid groups (broad SMARTS) is 1. The van der Waals surface area contributed by atoms with Gasteiger partial charge in [0, 0.05) is 31.5 Å². The van der Waals surface area contributed by atoms with Crippen LogP contribution in [0.15, 0.2) is 60.8 Å². The second-order valence-electron chi connectivity index (χ2n) is 7.33. The summed E-state index contributed by atoms with van der Waals surface area (Å²) in [7, 11) is -2.21. The SMILES string of the molecule is CN(c1ccccc1CNc1cc(Nc2ccc(C(=O)O)cc2)ncc1C(F)(F)F)S(C)(=O)=O. The van der Waals surface area contributed by atoms with Gasteiger partial charge in [-0.3, -0.25) is 4.31 Å². The fourth-order valence-electron chi connectivity index (χ4n) is 3.08. The Labute approximate surface area is 194 Å². The molecule has 0 fully saturated rings. The molecule has 0 saturated heterocycles. The van der Waals surface area contributed by atoms with E-state index in [1.54, 1.807) is 24.3 Å². The van der Waals surface area contributed by atoms with Crippen LogP contribution in [0.3, 0.4) is 0 Å². The Bertz CT molecular complexity index is 1300. The van der Waals surface area contributed by atoms with Gasteiger partial charge in [0.1, 0.15) is 5.82 Å². The summed E-state index contributed by atoms with van der Waals surface area (Å²) in [6, 6.07) is 13.3. The lowest BCUT2D eigenvalue weighted by molar-refractivity contribution is -0.137. The van der Waals surface area contributed by atoms with Crippen molar-refractivity contribution in [3.63, 3.8) is 0 Å². The number of aromatic nitrogens is 1. The maximum absolute atomic E-state index is 13.6. The summed E-state index contributed by atoms with van der Waals surface area (Å²) in [5.41, 5.74) is 0.0441. The molecule has 3 rings (SSSR count). The Kier molecular flexibility index (Phi) is 7.01. The minimum absolute atomic E-state index is 0.0611. The quantitative estimate of drug-likeness (QED) is 0.421. The van der Waals surface area contributed by atoms with Gasteiger partial charge in [-0.1, -0.05) is 18.2 Å². The molecule has 0 unspecified atom stereocenters. The van der Waals surface area contributed by atoms with Crippen molar-refractivity contribution in [2.45, 2.75) is 12.7 Å². The molecule has 1 heterocycles. The highest BCUT2D eigenvalue weighted by Gasteiger charge is 2.34. The van der Waals surface area contributed by atoms with Crippen LogP contribution in [0.4, 0.5) is 36.1 Å². The van der Waals surface area contributed by atoms with E-state index in [2.05, 4.69) is 15.6 Å². The van der Waals surface area contributed by atoms with E-state index < -0.39 is 27.7 Å². The summed E-state index contributed by atoms with van der Waals surface area (Å²) in [6.07, 6.45) is -2.96. The largest absolute Gasteiger partial charge is 0.478 e. The zero-order valence-corrected chi connectivity index (χ0v) is 18.9. The van der Waals surface area contributed by atoms with E-state index >= 15 is 0 Å². The van der Waals surface area contributed by atoms with Crippen LogP contribution in [-0.4, -0.2) is 37.8 Å². The van der Waals surface area contributed by atoms with Crippen molar-refractivity contribution in [2.75, 3.05) is 28.2 Å². The molecule has 3 N–H and O–H groups in total. The van der Waals surface area contributed by atoms with Crippen LogP contribution in [0.2, 0.25) is 0 Å².